The summed E-state index contributed by atoms with van der Waals surface area (Å²) in [5.74, 6) is 1.03. The number of aliphatic imine (C=N–C) groups is 1. The second-order valence-electron chi connectivity index (χ2n) is 5.24. The number of rotatable bonds is 1. The molecular weight excluding hydrogens is 236 g/mol. The van der Waals surface area contributed by atoms with Crippen molar-refractivity contribution in [1.29, 1.82) is 0 Å². The predicted molar refractivity (Wildman–Crippen MR) is 76.8 cm³/mol. The highest BCUT2D eigenvalue weighted by Crippen LogP contribution is 2.24. The third-order valence-electron chi connectivity index (χ3n) is 3.69. The first-order valence-electron chi connectivity index (χ1n) is 6.92. The Morgan fingerprint density at radius 3 is 2.74 bits per heavy atom. The molecule has 1 saturated heterocycles. The molecule has 1 fully saturated rings. The Morgan fingerprint density at radius 2 is 1.95 bits per heavy atom. The highest BCUT2D eigenvalue weighted by Gasteiger charge is 2.30. The summed E-state index contributed by atoms with van der Waals surface area (Å²) in [6.45, 7) is 2.88. The summed E-state index contributed by atoms with van der Waals surface area (Å²) in [6, 6.07) is 8.16. The lowest BCUT2D eigenvalue weighted by molar-refractivity contribution is -0.122. The van der Waals surface area contributed by atoms with Gasteiger partial charge in [0.15, 0.2) is 0 Å². The molecular formula is C16H18N2O. The Balaban J connectivity index is 1.89. The maximum Gasteiger partial charge on any atom is 0.277 e. The van der Waals surface area contributed by atoms with Gasteiger partial charge in [-0.15, -0.1) is 0 Å². The normalized spacial score (nSPS) is 21.3. The Morgan fingerprint density at radius 1 is 1.16 bits per heavy atom. The summed E-state index contributed by atoms with van der Waals surface area (Å²) in [7, 11) is 0. The van der Waals surface area contributed by atoms with Gasteiger partial charge in [-0.1, -0.05) is 36.2 Å². The van der Waals surface area contributed by atoms with Crippen LogP contribution in [0.1, 0.15) is 36.8 Å². The van der Waals surface area contributed by atoms with E-state index in [0.717, 1.165) is 37.2 Å². The van der Waals surface area contributed by atoms with E-state index in [4.69, 9.17) is 0 Å². The summed E-state index contributed by atoms with van der Waals surface area (Å²) in [5, 5.41) is 0. The van der Waals surface area contributed by atoms with Gasteiger partial charge in [-0.25, -0.2) is 4.99 Å². The van der Waals surface area contributed by atoms with Crippen molar-refractivity contribution >= 4 is 17.8 Å². The van der Waals surface area contributed by atoms with Crippen LogP contribution in [0.15, 0.2) is 35.0 Å². The standard InChI is InChI=1S/C16H18N2O/c1-12-6-8-13(9-7-12)11-14-16(19)18-10-4-2-3-5-15(18)17-14/h6-9,11H,2-5,10H2,1H3. The number of carbonyl (C=O) groups is 1. The predicted octanol–water partition coefficient (Wildman–Crippen LogP) is 3.15. The van der Waals surface area contributed by atoms with Gasteiger partial charge in [0.05, 0.1) is 0 Å². The van der Waals surface area contributed by atoms with Gasteiger partial charge >= 0.3 is 0 Å². The van der Waals surface area contributed by atoms with Crippen LogP contribution < -0.4 is 0 Å². The van der Waals surface area contributed by atoms with Crippen LogP contribution in [0.4, 0.5) is 0 Å². The minimum absolute atomic E-state index is 0.0671. The fourth-order valence-corrected chi connectivity index (χ4v) is 2.57. The molecule has 2 aliphatic rings. The summed E-state index contributed by atoms with van der Waals surface area (Å²) < 4.78 is 0. The molecule has 1 amide bonds. The Kier molecular flexibility index (Phi) is 3.20. The number of fused-ring (bicyclic) bond motifs is 1. The molecule has 1 aromatic rings. The molecule has 0 aliphatic carbocycles. The van der Waals surface area contributed by atoms with Crippen molar-refractivity contribution in [2.75, 3.05) is 6.54 Å². The second-order valence-corrected chi connectivity index (χ2v) is 5.24. The van der Waals surface area contributed by atoms with E-state index in [1.807, 2.05) is 23.1 Å². The maximum atomic E-state index is 12.3. The van der Waals surface area contributed by atoms with Crippen molar-refractivity contribution in [3.63, 3.8) is 0 Å². The molecule has 19 heavy (non-hydrogen) atoms. The van der Waals surface area contributed by atoms with Crippen LogP contribution in [-0.2, 0) is 4.79 Å². The highest BCUT2D eigenvalue weighted by atomic mass is 16.2. The van der Waals surface area contributed by atoms with Crippen LogP contribution in [0.3, 0.4) is 0 Å². The zero-order valence-electron chi connectivity index (χ0n) is 11.2. The smallest absolute Gasteiger partial charge is 0.277 e. The Labute approximate surface area is 113 Å². The van der Waals surface area contributed by atoms with Gasteiger partial charge in [0.25, 0.3) is 5.91 Å². The summed E-state index contributed by atoms with van der Waals surface area (Å²) in [5.41, 5.74) is 2.84. The minimum atomic E-state index is 0.0671. The van der Waals surface area contributed by atoms with Crippen molar-refractivity contribution in [1.82, 2.24) is 4.90 Å². The molecule has 0 unspecified atom stereocenters. The van der Waals surface area contributed by atoms with Crippen molar-refractivity contribution < 1.29 is 4.79 Å². The first-order valence-corrected chi connectivity index (χ1v) is 6.92. The van der Waals surface area contributed by atoms with E-state index in [-0.39, 0.29) is 5.91 Å². The van der Waals surface area contributed by atoms with Crippen LogP contribution in [0, 0.1) is 6.92 Å². The van der Waals surface area contributed by atoms with E-state index >= 15 is 0 Å². The zero-order chi connectivity index (χ0) is 13.2. The van der Waals surface area contributed by atoms with Crippen molar-refractivity contribution in [2.45, 2.75) is 32.6 Å². The van der Waals surface area contributed by atoms with Gasteiger partial charge in [-0.2, -0.15) is 0 Å². The molecule has 0 spiro atoms. The van der Waals surface area contributed by atoms with Crippen LogP contribution in [-0.4, -0.2) is 23.2 Å². The number of benzene rings is 1. The lowest BCUT2D eigenvalue weighted by atomic mass is 10.1. The van der Waals surface area contributed by atoms with E-state index in [9.17, 15) is 4.79 Å². The van der Waals surface area contributed by atoms with E-state index in [2.05, 4.69) is 24.0 Å². The molecule has 0 radical (unpaired) electrons. The van der Waals surface area contributed by atoms with E-state index in [1.54, 1.807) is 0 Å². The molecule has 0 N–H and O–H groups in total. The van der Waals surface area contributed by atoms with E-state index in [0.29, 0.717) is 5.70 Å². The second kappa shape index (κ2) is 5.00. The monoisotopic (exact) mass is 254 g/mol. The number of aryl methyl sites for hydroxylation is 1. The highest BCUT2D eigenvalue weighted by molar-refractivity contribution is 6.14. The summed E-state index contributed by atoms with van der Waals surface area (Å²) in [6.07, 6.45) is 6.24. The average Bonchev–Trinajstić information content (AvgIpc) is 2.60. The van der Waals surface area contributed by atoms with Gasteiger partial charge in [-0.05, 0) is 31.4 Å². The van der Waals surface area contributed by atoms with Crippen LogP contribution in [0.5, 0.6) is 0 Å². The van der Waals surface area contributed by atoms with E-state index in [1.165, 1.54) is 12.0 Å². The fraction of sp³-hybridized carbons (Fsp3) is 0.375. The van der Waals surface area contributed by atoms with Crippen LogP contribution in [0.25, 0.3) is 6.08 Å². The van der Waals surface area contributed by atoms with Gasteiger partial charge in [0.2, 0.25) is 0 Å². The van der Waals surface area contributed by atoms with Crippen molar-refractivity contribution in [3.8, 4) is 0 Å². The zero-order valence-corrected chi connectivity index (χ0v) is 11.2. The lowest BCUT2D eigenvalue weighted by Gasteiger charge is -2.13. The lowest BCUT2D eigenvalue weighted by Crippen LogP contribution is -2.31. The number of amides is 1. The van der Waals surface area contributed by atoms with Gasteiger partial charge in [0, 0.05) is 13.0 Å². The maximum absolute atomic E-state index is 12.3. The summed E-state index contributed by atoms with van der Waals surface area (Å²) in [4.78, 5) is 18.7. The Hall–Kier alpha value is -1.90. The molecule has 2 aliphatic heterocycles. The average molecular weight is 254 g/mol. The van der Waals surface area contributed by atoms with Crippen LogP contribution >= 0.6 is 0 Å². The van der Waals surface area contributed by atoms with Crippen molar-refractivity contribution in [3.05, 3.63) is 41.1 Å². The number of nitrogens with zero attached hydrogens (tertiary/aromatic N) is 2. The molecule has 3 heteroatoms. The number of hydrogen-bond donors (Lipinski definition) is 0. The fourth-order valence-electron chi connectivity index (χ4n) is 2.57. The Bertz CT molecular complexity index is 555. The molecule has 1 aromatic carbocycles. The molecule has 98 valence electrons. The minimum Gasteiger partial charge on any atom is -0.295 e. The van der Waals surface area contributed by atoms with Gasteiger partial charge < -0.3 is 0 Å². The number of amidine groups is 1. The first-order chi connectivity index (χ1) is 9.24. The molecule has 0 saturated carbocycles. The number of hydrogen-bond acceptors (Lipinski definition) is 2. The molecule has 0 bridgehead atoms. The molecule has 3 nitrogen and oxygen atoms in total. The molecule has 3 rings (SSSR count). The van der Waals surface area contributed by atoms with Crippen LogP contribution in [0.2, 0.25) is 0 Å². The van der Waals surface area contributed by atoms with E-state index < -0.39 is 0 Å². The quantitative estimate of drug-likeness (QED) is 0.709. The number of carbonyl (C=O) groups excluding carboxylic acids is 1. The SMILES string of the molecule is Cc1ccc(C=C2N=C3CCCCCN3C2=O)cc1. The summed E-state index contributed by atoms with van der Waals surface area (Å²) >= 11 is 0. The molecule has 0 atom stereocenters. The molecule has 2 heterocycles. The first kappa shape index (κ1) is 12.2. The third kappa shape index (κ3) is 2.46. The third-order valence-corrected chi connectivity index (χ3v) is 3.69. The molecule has 0 aromatic heterocycles. The largest absolute Gasteiger partial charge is 0.295 e. The topological polar surface area (TPSA) is 32.7 Å². The van der Waals surface area contributed by atoms with Gasteiger partial charge in [-0.3, -0.25) is 9.69 Å². The van der Waals surface area contributed by atoms with Crippen molar-refractivity contribution in [2.24, 2.45) is 4.99 Å². The van der Waals surface area contributed by atoms with Gasteiger partial charge in [0.1, 0.15) is 11.5 Å².